The smallest absolute Gasteiger partial charge is 0.411 e. The highest BCUT2D eigenvalue weighted by Gasteiger charge is 2.24. The lowest BCUT2D eigenvalue weighted by Crippen LogP contribution is -2.26. The maximum Gasteiger partial charge on any atom is 0.411 e. The zero-order chi connectivity index (χ0) is 16.7. The molecule has 6 heteroatoms. The molecule has 23 heavy (non-hydrogen) atoms. The first-order valence-corrected chi connectivity index (χ1v) is 8.05. The highest BCUT2D eigenvalue weighted by atomic mass is 16.5. The summed E-state index contributed by atoms with van der Waals surface area (Å²) in [5.41, 5.74) is 1.83. The minimum Gasteiger partial charge on any atom is -0.494 e. The van der Waals surface area contributed by atoms with Crippen molar-refractivity contribution in [3.63, 3.8) is 0 Å². The predicted octanol–water partition coefficient (Wildman–Crippen LogP) is 2.46. The van der Waals surface area contributed by atoms with Crippen molar-refractivity contribution in [3.05, 3.63) is 23.8 Å². The van der Waals surface area contributed by atoms with E-state index in [-0.39, 0.29) is 0 Å². The third kappa shape index (κ3) is 5.11. The Morgan fingerprint density at radius 3 is 2.87 bits per heavy atom. The molecule has 0 aromatic heterocycles. The average Bonchev–Trinajstić information content (AvgIpc) is 2.96. The summed E-state index contributed by atoms with van der Waals surface area (Å²) in [6.07, 6.45) is 1.94. The Bertz CT molecular complexity index is 521. The maximum absolute atomic E-state index is 11.1. The van der Waals surface area contributed by atoms with Gasteiger partial charge in [0.1, 0.15) is 5.75 Å². The zero-order valence-electron chi connectivity index (χ0n) is 14.0. The van der Waals surface area contributed by atoms with Crippen LogP contribution in [0.1, 0.15) is 18.4 Å². The topological polar surface area (TPSA) is 62.2 Å². The van der Waals surface area contributed by atoms with Crippen LogP contribution in [0.5, 0.6) is 5.75 Å². The van der Waals surface area contributed by atoms with Crippen LogP contribution in [-0.2, 0) is 11.2 Å². The van der Waals surface area contributed by atoms with Gasteiger partial charge in [-0.2, -0.15) is 0 Å². The second-order valence-electron chi connectivity index (χ2n) is 5.83. The van der Waals surface area contributed by atoms with Crippen LogP contribution in [0, 0.1) is 0 Å². The van der Waals surface area contributed by atoms with Crippen LogP contribution in [0.3, 0.4) is 0 Å². The number of nitrogens with zero attached hydrogens (tertiary/aromatic N) is 2. The molecule has 2 rings (SSSR count). The van der Waals surface area contributed by atoms with E-state index in [4.69, 9.17) is 14.6 Å². The molecule has 1 aliphatic rings. The first-order chi connectivity index (χ1) is 11.1. The summed E-state index contributed by atoms with van der Waals surface area (Å²) in [7, 11) is 3.81. The number of hydrogen-bond donors (Lipinski definition) is 1. The number of amides is 1. The van der Waals surface area contributed by atoms with Crippen LogP contribution < -0.4 is 9.64 Å². The van der Waals surface area contributed by atoms with Crippen molar-refractivity contribution in [3.8, 4) is 5.75 Å². The number of likely N-dealkylation sites (N-methyl/N-ethyl adjacent to an activating group) is 1. The summed E-state index contributed by atoms with van der Waals surface area (Å²) < 4.78 is 10.8. The van der Waals surface area contributed by atoms with Gasteiger partial charge in [0.2, 0.25) is 0 Å². The molecule has 0 saturated carbocycles. The van der Waals surface area contributed by atoms with Gasteiger partial charge in [0.25, 0.3) is 0 Å². The minimum absolute atomic E-state index is 0.530. The number of benzene rings is 1. The number of carboxylic acid groups (broad SMARTS) is 1. The van der Waals surface area contributed by atoms with Crippen molar-refractivity contribution in [1.29, 1.82) is 0 Å². The lowest BCUT2D eigenvalue weighted by atomic mass is 10.1. The van der Waals surface area contributed by atoms with Crippen molar-refractivity contribution >= 4 is 11.8 Å². The summed E-state index contributed by atoms with van der Waals surface area (Å²) in [6.45, 7) is 3.95. The minimum atomic E-state index is -0.894. The van der Waals surface area contributed by atoms with E-state index in [1.807, 2.05) is 18.2 Å². The number of unbranched alkanes of at least 4 members (excludes halogenated alkanes) is 1. The molecule has 1 aromatic carbocycles. The standard InChI is InChI=1S/C17H26N2O4/c1-18(10-12-22-2)8-3-4-11-23-15-5-6-16-14(13-15)7-9-19(16)17(20)21/h5-6,13H,3-4,7-12H2,1-2H3,(H,20,21). The van der Waals surface area contributed by atoms with Crippen molar-refractivity contribution in [2.45, 2.75) is 19.3 Å². The van der Waals surface area contributed by atoms with E-state index in [1.54, 1.807) is 7.11 Å². The summed E-state index contributed by atoms with van der Waals surface area (Å²) in [5, 5.41) is 9.11. The van der Waals surface area contributed by atoms with Gasteiger partial charge in [-0.1, -0.05) is 0 Å². The highest BCUT2D eigenvalue weighted by Crippen LogP contribution is 2.31. The molecule has 1 aromatic rings. The van der Waals surface area contributed by atoms with E-state index in [0.717, 1.165) is 56.0 Å². The maximum atomic E-state index is 11.1. The SMILES string of the molecule is COCCN(C)CCCCOc1ccc2c(c1)CCN2C(=O)O. The number of hydrogen-bond acceptors (Lipinski definition) is 4. The molecule has 6 nitrogen and oxygen atoms in total. The molecule has 1 N–H and O–H groups in total. The van der Waals surface area contributed by atoms with Gasteiger partial charge in [-0.25, -0.2) is 4.79 Å². The van der Waals surface area contributed by atoms with E-state index in [0.29, 0.717) is 13.2 Å². The normalized spacial score (nSPS) is 13.4. The molecular weight excluding hydrogens is 296 g/mol. The molecular formula is C17H26N2O4. The van der Waals surface area contributed by atoms with E-state index < -0.39 is 6.09 Å². The van der Waals surface area contributed by atoms with Crippen LogP contribution >= 0.6 is 0 Å². The number of fused-ring (bicyclic) bond motifs is 1. The number of carbonyl (C=O) groups is 1. The Morgan fingerprint density at radius 1 is 1.30 bits per heavy atom. The van der Waals surface area contributed by atoms with Gasteiger partial charge in [-0.05, 0) is 56.6 Å². The van der Waals surface area contributed by atoms with Crippen LogP contribution in [0.25, 0.3) is 0 Å². The lowest BCUT2D eigenvalue weighted by molar-refractivity contribution is 0.159. The van der Waals surface area contributed by atoms with Crippen LogP contribution in [0.4, 0.5) is 10.5 Å². The van der Waals surface area contributed by atoms with Crippen LogP contribution in [0.15, 0.2) is 18.2 Å². The van der Waals surface area contributed by atoms with Crippen molar-refractivity contribution in [1.82, 2.24) is 4.90 Å². The monoisotopic (exact) mass is 322 g/mol. The summed E-state index contributed by atoms with van der Waals surface area (Å²) in [5.74, 6) is 0.823. The molecule has 1 aliphatic heterocycles. The van der Waals surface area contributed by atoms with Gasteiger partial charge in [-0.15, -0.1) is 0 Å². The third-order valence-electron chi connectivity index (χ3n) is 4.06. The Kier molecular flexibility index (Phi) is 6.67. The van der Waals surface area contributed by atoms with Crippen molar-refractivity contribution in [2.24, 2.45) is 0 Å². The fraction of sp³-hybridized carbons (Fsp3) is 0.588. The van der Waals surface area contributed by atoms with Gasteiger partial charge in [0.05, 0.1) is 18.9 Å². The molecule has 0 saturated heterocycles. The van der Waals surface area contributed by atoms with Crippen molar-refractivity contribution in [2.75, 3.05) is 51.9 Å². The van der Waals surface area contributed by atoms with Gasteiger partial charge >= 0.3 is 6.09 Å². The Morgan fingerprint density at radius 2 is 2.13 bits per heavy atom. The van der Waals surface area contributed by atoms with E-state index in [9.17, 15) is 4.79 Å². The molecule has 0 spiro atoms. The van der Waals surface area contributed by atoms with E-state index in [2.05, 4.69) is 11.9 Å². The first kappa shape index (κ1) is 17.6. The summed E-state index contributed by atoms with van der Waals surface area (Å²) >= 11 is 0. The van der Waals surface area contributed by atoms with Gasteiger partial charge in [0.15, 0.2) is 0 Å². The number of ether oxygens (including phenoxy) is 2. The van der Waals surface area contributed by atoms with Gasteiger partial charge < -0.3 is 19.5 Å². The Hall–Kier alpha value is -1.79. The molecule has 128 valence electrons. The molecule has 1 heterocycles. The zero-order valence-corrected chi connectivity index (χ0v) is 14.0. The quantitative estimate of drug-likeness (QED) is 0.708. The van der Waals surface area contributed by atoms with Gasteiger partial charge in [-0.3, -0.25) is 4.90 Å². The van der Waals surface area contributed by atoms with E-state index in [1.165, 1.54) is 4.90 Å². The summed E-state index contributed by atoms with van der Waals surface area (Å²) in [4.78, 5) is 14.7. The van der Waals surface area contributed by atoms with Crippen LogP contribution in [0.2, 0.25) is 0 Å². The molecule has 1 amide bonds. The largest absolute Gasteiger partial charge is 0.494 e. The molecule has 0 atom stereocenters. The molecule has 0 unspecified atom stereocenters. The second kappa shape index (κ2) is 8.74. The fourth-order valence-electron chi connectivity index (χ4n) is 2.70. The highest BCUT2D eigenvalue weighted by molar-refractivity contribution is 5.89. The number of rotatable bonds is 9. The lowest BCUT2D eigenvalue weighted by Gasteiger charge is -2.16. The Balaban J connectivity index is 1.70. The molecule has 0 aliphatic carbocycles. The fourth-order valence-corrected chi connectivity index (χ4v) is 2.70. The molecule has 0 bridgehead atoms. The van der Waals surface area contributed by atoms with E-state index >= 15 is 0 Å². The Labute approximate surface area is 137 Å². The third-order valence-corrected chi connectivity index (χ3v) is 4.06. The first-order valence-electron chi connectivity index (χ1n) is 8.05. The predicted molar refractivity (Wildman–Crippen MR) is 89.6 cm³/mol. The number of methoxy groups -OCH3 is 1. The average molecular weight is 322 g/mol. The van der Waals surface area contributed by atoms with Crippen molar-refractivity contribution < 1.29 is 19.4 Å². The molecule has 0 fully saturated rings. The number of anilines is 1. The summed E-state index contributed by atoms with van der Waals surface area (Å²) in [6, 6.07) is 5.65. The molecule has 0 radical (unpaired) electrons. The van der Waals surface area contributed by atoms with Crippen LogP contribution in [-0.4, -0.2) is 63.1 Å². The second-order valence-corrected chi connectivity index (χ2v) is 5.83. The van der Waals surface area contributed by atoms with Gasteiger partial charge in [0, 0.05) is 20.2 Å².